The van der Waals surface area contributed by atoms with Gasteiger partial charge in [0.15, 0.2) is 5.76 Å². The number of hydrogen-bond donors (Lipinski definition) is 1. The zero-order valence-corrected chi connectivity index (χ0v) is 11.9. The molecule has 0 fully saturated rings. The van der Waals surface area contributed by atoms with E-state index in [0.717, 1.165) is 37.6 Å². The Morgan fingerprint density at radius 3 is 2.78 bits per heavy atom. The highest BCUT2D eigenvalue weighted by atomic mass is 16.5. The average Bonchev–Trinajstić information content (AvgIpc) is 2.82. The smallest absolute Gasteiger partial charge is 0.162 e. The lowest BCUT2D eigenvalue weighted by Crippen LogP contribution is -2.38. The first-order chi connectivity index (χ1) is 8.69. The van der Waals surface area contributed by atoms with Crippen LogP contribution in [0.3, 0.4) is 0 Å². The quantitative estimate of drug-likeness (QED) is 0.727. The molecule has 1 aromatic rings. The van der Waals surface area contributed by atoms with E-state index < -0.39 is 0 Å². The van der Waals surface area contributed by atoms with Gasteiger partial charge < -0.3 is 19.5 Å². The van der Waals surface area contributed by atoms with Crippen LogP contribution in [-0.2, 0) is 17.9 Å². The zero-order valence-electron chi connectivity index (χ0n) is 11.9. The van der Waals surface area contributed by atoms with Gasteiger partial charge in [-0.25, -0.2) is 0 Å². The molecule has 1 aromatic heterocycles. The first-order valence-electron chi connectivity index (χ1n) is 6.58. The summed E-state index contributed by atoms with van der Waals surface area (Å²) in [5.41, 5.74) is 0.924. The molecule has 0 radical (unpaired) electrons. The SMILES string of the molecule is CCN(CC)CC(C)NCc1cc(COC)on1. The van der Waals surface area contributed by atoms with E-state index in [-0.39, 0.29) is 0 Å². The van der Waals surface area contributed by atoms with Crippen molar-refractivity contribution >= 4 is 0 Å². The van der Waals surface area contributed by atoms with Gasteiger partial charge in [-0.05, 0) is 20.0 Å². The number of ether oxygens (including phenoxy) is 1. The molecule has 0 saturated heterocycles. The molecule has 1 atom stereocenters. The molecule has 1 heterocycles. The predicted octanol–water partition coefficient (Wildman–Crippen LogP) is 1.64. The summed E-state index contributed by atoms with van der Waals surface area (Å²) in [6, 6.07) is 2.37. The Kier molecular flexibility index (Phi) is 6.93. The number of nitrogens with zero attached hydrogens (tertiary/aromatic N) is 2. The summed E-state index contributed by atoms with van der Waals surface area (Å²) in [5, 5.41) is 7.44. The van der Waals surface area contributed by atoms with Crippen LogP contribution in [-0.4, -0.2) is 42.8 Å². The number of nitrogens with one attached hydrogen (secondary N) is 1. The van der Waals surface area contributed by atoms with Gasteiger partial charge in [0.25, 0.3) is 0 Å². The lowest BCUT2D eigenvalue weighted by atomic mass is 10.3. The van der Waals surface area contributed by atoms with Crippen molar-refractivity contribution in [3.8, 4) is 0 Å². The molecule has 0 amide bonds. The number of methoxy groups -OCH3 is 1. The topological polar surface area (TPSA) is 50.5 Å². The van der Waals surface area contributed by atoms with Crippen molar-refractivity contribution in [2.45, 2.75) is 40.0 Å². The lowest BCUT2D eigenvalue weighted by molar-refractivity contribution is 0.155. The number of aromatic nitrogens is 1. The van der Waals surface area contributed by atoms with E-state index in [0.29, 0.717) is 12.6 Å². The molecule has 104 valence electrons. The Balaban J connectivity index is 2.30. The minimum Gasteiger partial charge on any atom is -0.377 e. The highest BCUT2D eigenvalue weighted by Crippen LogP contribution is 2.04. The van der Waals surface area contributed by atoms with Crippen molar-refractivity contribution < 1.29 is 9.26 Å². The van der Waals surface area contributed by atoms with Gasteiger partial charge in [-0.1, -0.05) is 19.0 Å². The van der Waals surface area contributed by atoms with Crippen molar-refractivity contribution in [3.05, 3.63) is 17.5 Å². The maximum absolute atomic E-state index is 5.14. The van der Waals surface area contributed by atoms with Gasteiger partial charge in [-0.2, -0.15) is 0 Å². The Labute approximate surface area is 109 Å². The molecular weight excluding hydrogens is 230 g/mol. The van der Waals surface area contributed by atoms with Gasteiger partial charge in [0.05, 0.1) is 5.69 Å². The second-order valence-electron chi connectivity index (χ2n) is 4.49. The fraction of sp³-hybridized carbons (Fsp3) is 0.769. The maximum atomic E-state index is 5.14. The fourth-order valence-corrected chi connectivity index (χ4v) is 1.86. The van der Waals surface area contributed by atoms with E-state index in [2.05, 4.69) is 36.1 Å². The summed E-state index contributed by atoms with van der Waals surface area (Å²) in [4.78, 5) is 2.40. The van der Waals surface area contributed by atoms with Gasteiger partial charge in [0, 0.05) is 32.3 Å². The highest BCUT2D eigenvalue weighted by Gasteiger charge is 2.08. The second-order valence-corrected chi connectivity index (χ2v) is 4.49. The van der Waals surface area contributed by atoms with Crippen LogP contribution in [0.4, 0.5) is 0 Å². The fourth-order valence-electron chi connectivity index (χ4n) is 1.86. The molecule has 1 rings (SSSR count). The molecule has 0 aliphatic heterocycles. The van der Waals surface area contributed by atoms with Crippen molar-refractivity contribution in [2.75, 3.05) is 26.7 Å². The molecule has 5 heteroatoms. The number of hydrogen-bond acceptors (Lipinski definition) is 5. The van der Waals surface area contributed by atoms with Gasteiger partial charge in [-0.3, -0.25) is 0 Å². The van der Waals surface area contributed by atoms with Crippen molar-refractivity contribution in [2.24, 2.45) is 0 Å². The third-order valence-corrected chi connectivity index (χ3v) is 2.95. The van der Waals surface area contributed by atoms with Gasteiger partial charge in [-0.15, -0.1) is 0 Å². The van der Waals surface area contributed by atoms with Crippen LogP contribution in [0.5, 0.6) is 0 Å². The molecule has 0 bridgehead atoms. The molecule has 1 unspecified atom stereocenters. The third kappa shape index (κ3) is 5.16. The summed E-state index contributed by atoms with van der Waals surface area (Å²) < 4.78 is 10.1. The molecule has 0 spiro atoms. The van der Waals surface area contributed by atoms with Crippen LogP contribution >= 0.6 is 0 Å². The van der Waals surface area contributed by atoms with E-state index in [1.54, 1.807) is 7.11 Å². The number of likely N-dealkylation sites (N-methyl/N-ethyl adjacent to an activating group) is 1. The maximum Gasteiger partial charge on any atom is 0.162 e. The van der Waals surface area contributed by atoms with Crippen molar-refractivity contribution in [1.29, 1.82) is 0 Å². The predicted molar refractivity (Wildman–Crippen MR) is 71.3 cm³/mol. The molecule has 0 aromatic carbocycles. The molecule has 0 saturated carbocycles. The van der Waals surface area contributed by atoms with Gasteiger partial charge >= 0.3 is 0 Å². The highest BCUT2D eigenvalue weighted by molar-refractivity contribution is 5.04. The van der Waals surface area contributed by atoms with Crippen LogP contribution in [0.2, 0.25) is 0 Å². The largest absolute Gasteiger partial charge is 0.377 e. The van der Waals surface area contributed by atoms with E-state index >= 15 is 0 Å². The Hall–Kier alpha value is -0.910. The van der Waals surface area contributed by atoms with Crippen molar-refractivity contribution in [3.63, 3.8) is 0 Å². The standard InChI is InChI=1S/C13H25N3O2/c1-5-16(6-2)9-11(3)14-8-12-7-13(10-17-4)18-15-12/h7,11,14H,5-6,8-10H2,1-4H3. The summed E-state index contributed by atoms with van der Waals surface area (Å²) in [6.07, 6.45) is 0. The summed E-state index contributed by atoms with van der Waals surface area (Å²) in [7, 11) is 1.65. The molecule has 0 aliphatic rings. The summed E-state index contributed by atoms with van der Waals surface area (Å²) in [5.74, 6) is 0.769. The molecule has 5 nitrogen and oxygen atoms in total. The van der Waals surface area contributed by atoms with Crippen LogP contribution in [0.1, 0.15) is 32.2 Å². The van der Waals surface area contributed by atoms with E-state index in [9.17, 15) is 0 Å². The Bertz CT molecular complexity index is 324. The zero-order chi connectivity index (χ0) is 13.4. The van der Waals surface area contributed by atoms with Gasteiger partial charge in [0.1, 0.15) is 6.61 Å². The van der Waals surface area contributed by atoms with Crippen LogP contribution in [0.25, 0.3) is 0 Å². The molecule has 18 heavy (non-hydrogen) atoms. The first-order valence-corrected chi connectivity index (χ1v) is 6.58. The van der Waals surface area contributed by atoms with E-state index in [1.807, 2.05) is 6.07 Å². The summed E-state index contributed by atoms with van der Waals surface area (Å²) >= 11 is 0. The summed E-state index contributed by atoms with van der Waals surface area (Å²) in [6.45, 7) is 11.0. The second kappa shape index (κ2) is 8.24. The first kappa shape index (κ1) is 15.1. The molecular formula is C13H25N3O2. The minimum atomic E-state index is 0.437. The van der Waals surface area contributed by atoms with Crippen LogP contribution in [0, 0.1) is 0 Å². The number of rotatable bonds is 9. The average molecular weight is 255 g/mol. The van der Waals surface area contributed by atoms with Gasteiger partial charge in [0.2, 0.25) is 0 Å². The van der Waals surface area contributed by atoms with E-state index in [4.69, 9.17) is 9.26 Å². The minimum absolute atomic E-state index is 0.437. The van der Waals surface area contributed by atoms with Crippen LogP contribution < -0.4 is 5.32 Å². The van der Waals surface area contributed by atoms with Crippen molar-refractivity contribution in [1.82, 2.24) is 15.4 Å². The molecule has 1 N–H and O–H groups in total. The third-order valence-electron chi connectivity index (χ3n) is 2.95. The Morgan fingerprint density at radius 1 is 1.44 bits per heavy atom. The lowest BCUT2D eigenvalue weighted by Gasteiger charge is -2.23. The Morgan fingerprint density at radius 2 is 2.17 bits per heavy atom. The molecule has 0 aliphatic carbocycles. The van der Waals surface area contributed by atoms with Crippen LogP contribution in [0.15, 0.2) is 10.6 Å². The monoisotopic (exact) mass is 255 g/mol. The normalized spacial score (nSPS) is 13.2. The van der Waals surface area contributed by atoms with E-state index in [1.165, 1.54) is 0 Å².